The Hall–Kier alpha value is -2.98. The molecule has 0 saturated heterocycles. The van der Waals surface area contributed by atoms with Crippen molar-refractivity contribution in [3.8, 4) is 0 Å². The molecule has 0 saturated carbocycles. The van der Waals surface area contributed by atoms with E-state index in [9.17, 15) is 0 Å². The average molecular weight is 522 g/mol. The molecule has 0 unspecified atom stereocenters. The Bertz CT molecular complexity index is 978. The fraction of sp³-hybridized carbons (Fsp3) is 0.160. The molecule has 0 spiro atoms. The van der Waals surface area contributed by atoms with Crippen molar-refractivity contribution in [1.82, 2.24) is 29.1 Å². The zero-order valence-corrected chi connectivity index (χ0v) is 20.1. The van der Waals surface area contributed by atoms with Crippen LogP contribution >= 0.6 is 0 Å². The summed E-state index contributed by atoms with van der Waals surface area (Å²) in [6.07, 6.45) is 27.8. The molecule has 0 N–H and O–H groups in total. The monoisotopic (exact) mass is 523 g/mol. The summed E-state index contributed by atoms with van der Waals surface area (Å²) in [6, 6.07) is 16.0. The van der Waals surface area contributed by atoms with E-state index >= 15 is 0 Å². The van der Waals surface area contributed by atoms with E-state index in [-0.39, 0.29) is 26.6 Å². The quantitative estimate of drug-likeness (QED) is 0.284. The third kappa shape index (κ3) is 7.54. The molecule has 4 aromatic rings. The molecule has 3 heterocycles. The zero-order valence-electron chi connectivity index (χ0n) is 18.3. The van der Waals surface area contributed by atoms with Gasteiger partial charge in [-0.3, -0.25) is 0 Å². The van der Waals surface area contributed by atoms with Crippen molar-refractivity contribution in [1.29, 1.82) is 0 Å². The fourth-order valence-electron chi connectivity index (χ4n) is 3.40. The van der Waals surface area contributed by atoms with Gasteiger partial charge in [-0.15, -0.1) is 0 Å². The number of aromatic nitrogens is 6. The summed E-state index contributed by atoms with van der Waals surface area (Å²) in [5.74, 6) is 1.34. The second kappa shape index (κ2) is 13.5. The Kier molecular flexibility index (Phi) is 10.1. The second-order valence-electron chi connectivity index (χ2n) is 7.32. The number of benzene rings is 1. The van der Waals surface area contributed by atoms with Crippen molar-refractivity contribution in [2.45, 2.75) is 25.7 Å². The Morgan fingerprint density at radius 1 is 0.727 bits per heavy atom. The van der Waals surface area contributed by atoms with E-state index in [4.69, 9.17) is 0 Å². The van der Waals surface area contributed by atoms with Crippen LogP contribution < -0.4 is 0 Å². The standard InChI is InChI=1S/C16H17.C9H9BN6.Ru/c1-2-5-9-15(10-6-3-1)13-14-16-11-7-4-8-12-16;1-4-11-14(7-1)10(15-8-2-5-12-15)16-9-3-6-13-16;/h1-2,4,7-8,10-12,14H,3,5-6,9H2;1-9H;/q;-1;+2/b2-1-,14-13?;;. The number of nitrogens with zero attached hydrogens (tertiary/aromatic N) is 6. The molecule has 8 heteroatoms. The Morgan fingerprint density at radius 2 is 1.30 bits per heavy atom. The van der Waals surface area contributed by atoms with Crippen LogP contribution in [0.3, 0.4) is 0 Å². The molecule has 3 aromatic heterocycles. The second-order valence-corrected chi connectivity index (χ2v) is 7.32. The van der Waals surface area contributed by atoms with Gasteiger partial charge in [-0.05, 0) is 80.5 Å². The minimum Gasteiger partial charge on any atom is -0.425 e. The largest absolute Gasteiger partial charge is 2.00 e. The van der Waals surface area contributed by atoms with E-state index in [2.05, 4.69) is 70.3 Å². The molecule has 0 aliphatic heterocycles. The van der Waals surface area contributed by atoms with Crippen molar-refractivity contribution in [3.63, 3.8) is 0 Å². The van der Waals surface area contributed by atoms with Gasteiger partial charge in [0.25, 0.3) is 7.12 Å². The summed E-state index contributed by atoms with van der Waals surface area (Å²) < 4.78 is 5.38. The van der Waals surface area contributed by atoms with E-state index in [0.717, 1.165) is 25.7 Å². The average Bonchev–Trinajstić information content (AvgIpc) is 3.60. The van der Waals surface area contributed by atoms with Crippen LogP contribution in [0.25, 0.3) is 6.08 Å². The van der Waals surface area contributed by atoms with Gasteiger partial charge in [0.1, 0.15) is 0 Å². The van der Waals surface area contributed by atoms with E-state index < -0.39 is 0 Å². The molecule has 5 rings (SSSR count). The van der Waals surface area contributed by atoms with Gasteiger partial charge in [-0.2, -0.15) is 0 Å². The molecule has 1 aliphatic carbocycles. The van der Waals surface area contributed by atoms with Gasteiger partial charge in [0, 0.05) is 24.5 Å². The first-order chi connectivity index (χ1) is 15.9. The predicted octanol–water partition coefficient (Wildman–Crippen LogP) is 4.62. The summed E-state index contributed by atoms with van der Waals surface area (Å²) in [5.41, 5.74) is 1.22. The number of hydrogen-bond donors (Lipinski definition) is 0. The van der Waals surface area contributed by atoms with Crippen molar-refractivity contribution in [2.75, 3.05) is 0 Å². The number of allylic oxidation sites excluding steroid dienone is 3. The van der Waals surface area contributed by atoms with Crippen LogP contribution in [0.4, 0.5) is 0 Å². The van der Waals surface area contributed by atoms with Crippen LogP contribution in [-0.2, 0) is 19.5 Å². The maximum atomic E-state index is 4.22. The van der Waals surface area contributed by atoms with Gasteiger partial charge in [0.15, 0.2) is 0 Å². The Morgan fingerprint density at radius 3 is 1.85 bits per heavy atom. The topological polar surface area (TPSA) is 53.5 Å². The van der Waals surface area contributed by atoms with Crippen molar-refractivity contribution < 1.29 is 19.5 Å². The Labute approximate surface area is 208 Å². The van der Waals surface area contributed by atoms with Crippen LogP contribution in [0.5, 0.6) is 0 Å². The maximum absolute atomic E-state index is 4.22. The summed E-state index contributed by atoms with van der Waals surface area (Å²) >= 11 is 0. The molecule has 0 bridgehead atoms. The SMILES string of the molecule is [C](=Cc1ccccc1)[C]1[CH]CC/C=C\CC1.[Ru+2].c1cnn([B-](n2cccn2)n2cccn2)c1. The van der Waals surface area contributed by atoms with Gasteiger partial charge in [0.2, 0.25) is 0 Å². The smallest absolute Gasteiger partial charge is 0.425 e. The van der Waals surface area contributed by atoms with Crippen LogP contribution in [-0.4, -0.2) is 36.2 Å². The van der Waals surface area contributed by atoms with Gasteiger partial charge < -0.3 is 13.8 Å². The summed E-state index contributed by atoms with van der Waals surface area (Å²) in [5, 5.41) is 12.7. The maximum Gasteiger partial charge on any atom is 2.00 e. The normalized spacial score (nSPS) is 15.3. The van der Waals surface area contributed by atoms with Crippen LogP contribution in [0, 0.1) is 18.4 Å². The first kappa shape index (κ1) is 24.7. The molecule has 1 aliphatic rings. The summed E-state index contributed by atoms with van der Waals surface area (Å²) in [7, 11) is -0.194. The number of rotatable bonds is 5. The molecule has 0 atom stereocenters. The van der Waals surface area contributed by atoms with E-state index in [0.29, 0.717) is 0 Å². The molecule has 33 heavy (non-hydrogen) atoms. The van der Waals surface area contributed by atoms with Gasteiger partial charge >= 0.3 is 19.5 Å². The van der Waals surface area contributed by atoms with E-state index in [1.807, 2.05) is 42.9 Å². The minimum atomic E-state index is -0.194. The molecular weight excluding hydrogens is 496 g/mol. The first-order valence-electron chi connectivity index (χ1n) is 10.9. The molecule has 0 fully saturated rings. The number of hydrogen-bond acceptors (Lipinski definition) is 3. The molecule has 1 aromatic carbocycles. The minimum absolute atomic E-state index is 0. The van der Waals surface area contributed by atoms with Crippen LogP contribution in [0.2, 0.25) is 0 Å². The van der Waals surface area contributed by atoms with Gasteiger partial charge in [-0.1, -0.05) is 48.6 Å². The van der Waals surface area contributed by atoms with E-state index in [1.165, 1.54) is 11.5 Å². The van der Waals surface area contributed by atoms with Crippen LogP contribution in [0.15, 0.2) is 97.9 Å². The molecule has 166 valence electrons. The van der Waals surface area contributed by atoms with E-state index in [1.54, 1.807) is 32.4 Å². The fourth-order valence-corrected chi connectivity index (χ4v) is 3.40. The van der Waals surface area contributed by atoms with Crippen molar-refractivity contribution >= 4 is 13.2 Å². The van der Waals surface area contributed by atoms with Crippen LogP contribution in [0.1, 0.15) is 31.2 Å². The molecule has 0 amide bonds. The summed E-state index contributed by atoms with van der Waals surface area (Å²) in [4.78, 5) is 0. The van der Waals surface area contributed by atoms with Crippen molar-refractivity contribution in [3.05, 3.63) is 122 Å². The predicted molar refractivity (Wildman–Crippen MR) is 128 cm³/mol. The molecule has 6 nitrogen and oxygen atoms in total. The first-order valence-corrected chi connectivity index (χ1v) is 10.9. The zero-order chi connectivity index (χ0) is 21.8. The van der Waals surface area contributed by atoms with Crippen molar-refractivity contribution in [2.24, 2.45) is 0 Å². The van der Waals surface area contributed by atoms with Gasteiger partial charge in [-0.25, -0.2) is 15.3 Å². The molecule has 4 radical (unpaired) electrons. The third-order valence-electron chi connectivity index (χ3n) is 4.98. The summed E-state index contributed by atoms with van der Waals surface area (Å²) in [6.45, 7) is 0. The molecular formula is C25H26BN6Ru+. The van der Waals surface area contributed by atoms with Gasteiger partial charge in [0.05, 0.1) is 0 Å². The Balaban J connectivity index is 0.000000180. The third-order valence-corrected chi connectivity index (χ3v) is 4.98.